The third-order valence-corrected chi connectivity index (χ3v) is 5.90. The summed E-state index contributed by atoms with van der Waals surface area (Å²) in [6.45, 7) is 3.87. The van der Waals surface area contributed by atoms with E-state index in [1.54, 1.807) is 31.2 Å². The molecule has 2 aromatic rings. The van der Waals surface area contributed by atoms with E-state index in [2.05, 4.69) is 0 Å². The Labute approximate surface area is 197 Å². The number of likely N-dealkylation sites (tertiary alicyclic amines) is 1. The average Bonchev–Trinajstić information content (AvgIpc) is 3.44. The van der Waals surface area contributed by atoms with Crippen molar-refractivity contribution in [2.75, 3.05) is 26.8 Å². The molecular weight excluding hydrogens is 442 g/mol. The Kier molecular flexibility index (Phi) is 8.41. The summed E-state index contributed by atoms with van der Waals surface area (Å²) in [6.07, 6.45) is -0.419. The number of carbonyl (C=O) groups excluding carboxylic acids is 4. The maximum atomic E-state index is 13.5. The molecule has 0 radical (unpaired) electrons. The molecular formula is C24H31N3O7. The summed E-state index contributed by atoms with van der Waals surface area (Å²) >= 11 is 0. The Morgan fingerprint density at radius 3 is 2.59 bits per heavy atom. The minimum absolute atomic E-state index is 0.0722. The number of Topliss-reactive ketones (excluding diaryl/α,β-unsaturated/α-hetero) is 1. The van der Waals surface area contributed by atoms with Gasteiger partial charge in [-0.1, -0.05) is 19.1 Å². The summed E-state index contributed by atoms with van der Waals surface area (Å²) in [6, 6.07) is 6.30. The van der Waals surface area contributed by atoms with Crippen molar-refractivity contribution in [3.8, 4) is 5.75 Å². The summed E-state index contributed by atoms with van der Waals surface area (Å²) in [5.74, 6) is -0.777. The van der Waals surface area contributed by atoms with Crippen LogP contribution in [-0.4, -0.2) is 72.2 Å². The van der Waals surface area contributed by atoms with Crippen molar-refractivity contribution in [2.45, 2.75) is 51.7 Å². The Morgan fingerprint density at radius 1 is 1.21 bits per heavy atom. The molecule has 2 unspecified atom stereocenters. The Balaban J connectivity index is 2.10. The highest BCUT2D eigenvalue weighted by atomic mass is 16.5. The van der Waals surface area contributed by atoms with Gasteiger partial charge in [-0.25, -0.2) is 9.36 Å². The molecule has 0 saturated carbocycles. The number of aromatic nitrogens is 1. The number of para-hydroxylation sites is 1. The van der Waals surface area contributed by atoms with Gasteiger partial charge in [0.05, 0.1) is 31.0 Å². The number of hydrogen-bond donors (Lipinski definition) is 1. The van der Waals surface area contributed by atoms with E-state index in [0.717, 1.165) is 0 Å². The smallest absolute Gasteiger partial charge is 0.418 e. The molecule has 1 aliphatic rings. The van der Waals surface area contributed by atoms with Gasteiger partial charge in [0.25, 0.3) is 0 Å². The molecule has 1 aromatic heterocycles. The molecule has 2 heterocycles. The highest BCUT2D eigenvalue weighted by molar-refractivity contribution is 5.98. The number of nitrogens with zero attached hydrogens (tertiary/aromatic N) is 2. The molecule has 1 saturated heterocycles. The van der Waals surface area contributed by atoms with Gasteiger partial charge >= 0.3 is 12.1 Å². The molecule has 0 bridgehead atoms. The summed E-state index contributed by atoms with van der Waals surface area (Å²) in [4.78, 5) is 52.1. The second-order valence-corrected chi connectivity index (χ2v) is 8.05. The predicted molar refractivity (Wildman–Crippen MR) is 124 cm³/mol. The van der Waals surface area contributed by atoms with E-state index in [-0.39, 0.29) is 49.1 Å². The van der Waals surface area contributed by atoms with Crippen LogP contribution < -0.4 is 10.5 Å². The first-order valence-electron chi connectivity index (χ1n) is 11.4. The van der Waals surface area contributed by atoms with E-state index >= 15 is 0 Å². The molecule has 1 amide bonds. The van der Waals surface area contributed by atoms with E-state index in [1.165, 1.54) is 23.5 Å². The summed E-state index contributed by atoms with van der Waals surface area (Å²) in [5, 5.41) is 0.529. The zero-order chi connectivity index (χ0) is 24.8. The molecule has 2 N–H and O–H groups in total. The van der Waals surface area contributed by atoms with Crippen molar-refractivity contribution in [1.29, 1.82) is 0 Å². The molecule has 1 fully saturated rings. The number of ether oxygens (including phenoxy) is 3. The largest absolute Gasteiger partial charge is 0.452 e. The Hall–Kier alpha value is -3.24. The van der Waals surface area contributed by atoms with E-state index < -0.39 is 24.2 Å². The lowest BCUT2D eigenvalue weighted by Crippen LogP contribution is -2.46. The van der Waals surface area contributed by atoms with E-state index in [9.17, 15) is 19.2 Å². The van der Waals surface area contributed by atoms with Crippen molar-refractivity contribution < 1.29 is 33.4 Å². The number of methoxy groups -OCH3 is 1. The Bertz CT molecular complexity index is 1080. The lowest BCUT2D eigenvalue weighted by atomic mass is 10.0. The van der Waals surface area contributed by atoms with Crippen LogP contribution in [0.2, 0.25) is 0 Å². The van der Waals surface area contributed by atoms with Crippen LogP contribution in [-0.2, 0) is 30.3 Å². The van der Waals surface area contributed by atoms with Crippen LogP contribution in [0.3, 0.4) is 0 Å². The normalized spacial score (nSPS) is 16.5. The predicted octanol–water partition coefficient (Wildman–Crippen LogP) is 2.04. The SMILES string of the molecule is CCC(=O)Oc1c(CC(OCCN)C(=O)C2CCCN2C(C)=O)n(C(=O)OC)c2ccccc12. The number of amides is 1. The highest BCUT2D eigenvalue weighted by Crippen LogP contribution is 2.35. The summed E-state index contributed by atoms with van der Waals surface area (Å²) < 4.78 is 17.7. The standard InChI is InChI=1S/C24H31N3O7/c1-4-21(29)34-23-16-8-5-6-9-17(16)27(24(31)32-3)19(23)14-20(33-13-11-25)22(30)18-10-7-12-26(18)15(2)28/h5-6,8-9,18,20H,4,7,10-14,25H2,1-3H3. The van der Waals surface area contributed by atoms with Gasteiger partial charge in [0.1, 0.15) is 6.10 Å². The molecule has 1 aromatic carbocycles. The van der Waals surface area contributed by atoms with Crippen LogP contribution in [0.15, 0.2) is 24.3 Å². The first-order chi connectivity index (χ1) is 16.3. The van der Waals surface area contributed by atoms with Gasteiger partial charge in [0.15, 0.2) is 11.5 Å². The second-order valence-electron chi connectivity index (χ2n) is 8.05. The molecule has 10 heteroatoms. The molecule has 0 aliphatic carbocycles. The van der Waals surface area contributed by atoms with Crippen molar-refractivity contribution in [1.82, 2.24) is 9.47 Å². The topological polar surface area (TPSA) is 130 Å². The maximum Gasteiger partial charge on any atom is 0.418 e. The minimum Gasteiger partial charge on any atom is -0.452 e. The van der Waals surface area contributed by atoms with Crippen molar-refractivity contribution in [3.05, 3.63) is 30.0 Å². The number of rotatable bonds is 9. The lowest BCUT2D eigenvalue weighted by molar-refractivity contribution is -0.142. The van der Waals surface area contributed by atoms with Crippen LogP contribution in [0, 0.1) is 0 Å². The van der Waals surface area contributed by atoms with Crippen LogP contribution in [0.25, 0.3) is 10.9 Å². The maximum absolute atomic E-state index is 13.5. The van der Waals surface area contributed by atoms with Gasteiger partial charge in [-0.05, 0) is 25.0 Å². The molecule has 10 nitrogen and oxygen atoms in total. The first-order valence-corrected chi connectivity index (χ1v) is 11.4. The number of carbonyl (C=O) groups is 4. The van der Waals surface area contributed by atoms with Gasteiger partial charge in [0, 0.05) is 38.2 Å². The lowest BCUT2D eigenvalue weighted by Gasteiger charge is -2.26. The Morgan fingerprint density at radius 2 is 1.94 bits per heavy atom. The summed E-state index contributed by atoms with van der Waals surface area (Å²) in [5.41, 5.74) is 6.37. The zero-order valence-electron chi connectivity index (χ0n) is 19.7. The fourth-order valence-electron chi connectivity index (χ4n) is 4.33. The molecule has 2 atom stereocenters. The van der Waals surface area contributed by atoms with Gasteiger partial charge in [-0.15, -0.1) is 0 Å². The van der Waals surface area contributed by atoms with Crippen molar-refractivity contribution >= 4 is 34.7 Å². The van der Waals surface area contributed by atoms with Gasteiger partial charge in [-0.2, -0.15) is 0 Å². The van der Waals surface area contributed by atoms with E-state index in [1.807, 2.05) is 0 Å². The first kappa shape index (κ1) is 25.4. The van der Waals surface area contributed by atoms with Crippen LogP contribution in [0.5, 0.6) is 5.75 Å². The molecule has 184 valence electrons. The minimum atomic E-state index is -1.01. The van der Waals surface area contributed by atoms with Gasteiger partial charge in [-0.3, -0.25) is 14.4 Å². The van der Waals surface area contributed by atoms with Gasteiger partial charge in [0.2, 0.25) is 5.91 Å². The van der Waals surface area contributed by atoms with E-state index in [4.69, 9.17) is 19.9 Å². The monoisotopic (exact) mass is 473 g/mol. The molecule has 1 aliphatic heterocycles. The number of fused-ring (bicyclic) bond motifs is 1. The van der Waals surface area contributed by atoms with Gasteiger partial charge < -0.3 is 24.8 Å². The number of hydrogen-bond acceptors (Lipinski definition) is 8. The van der Waals surface area contributed by atoms with Crippen molar-refractivity contribution in [2.24, 2.45) is 5.73 Å². The fourth-order valence-corrected chi connectivity index (χ4v) is 4.33. The third kappa shape index (κ3) is 5.13. The quantitative estimate of drug-likeness (QED) is 0.548. The molecule has 0 spiro atoms. The van der Waals surface area contributed by atoms with Crippen molar-refractivity contribution in [3.63, 3.8) is 0 Å². The van der Waals surface area contributed by atoms with E-state index in [0.29, 0.717) is 30.3 Å². The fraction of sp³-hybridized carbons (Fsp3) is 0.500. The highest BCUT2D eigenvalue weighted by Gasteiger charge is 2.38. The summed E-state index contributed by atoms with van der Waals surface area (Å²) in [7, 11) is 1.25. The van der Waals surface area contributed by atoms with Crippen LogP contribution in [0.1, 0.15) is 38.8 Å². The zero-order valence-corrected chi connectivity index (χ0v) is 19.7. The van der Waals surface area contributed by atoms with Crippen LogP contribution >= 0.6 is 0 Å². The molecule has 34 heavy (non-hydrogen) atoms. The van der Waals surface area contributed by atoms with Crippen LogP contribution in [0.4, 0.5) is 4.79 Å². The number of ketones is 1. The third-order valence-electron chi connectivity index (χ3n) is 5.90. The second kappa shape index (κ2) is 11.3. The number of benzene rings is 1. The number of esters is 1. The molecule has 3 rings (SSSR count). The average molecular weight is 474 g/mol. The number of nitrogens with two attached hydrogens (primary N) is 1.